The van der Waals surface area contributed by atoms with Crippen molar-refractivity contribution < 1.29 is 9.53 Å². The molecule has 0 radical (unpaired) electrons. The molecule has 0 saturated heterocycles. The summed E-state index contributed by atoms with van der Waals surface area (Å²) in [5.41, 5.74) is 8.20. The predicted molar refractivity (Wildman–Crippen MR) is 71.4 cm³/mol. The molecule has 1 aromatic rings. The van der Waals surface area contributed by atoms with Crippen molar-refractivity contribution in [1.29, 1.82) is 0 Å². The molecule has 0 saturated carbocycles. The van der Waals surface area contributed by atoms with Crippen LogP contribution >= 0.6 is 0 Å². The first-order valence-corrected chi connectivity index (χ1v) is 5.69. The maximum atomic E-state index is 10.9. The lowest BCUT2D eigenvalue weighted by atomic mass is 10.0. The molecule has 0 aliphatic rings. The molecule has 96 valence electrons. The van der Waals surface area contributed by atoms with Crippen molar-refractivity contribution in [1.82, 2.24) is 5.32 Å². The summed E-state index contributed by atoms with van der Waals surface area (Å²) < 4.78 is 5.23. The van der Waals surface area contributed by atoms with Gasteiger partial charge >= 0.3 is 0 Å². The molecular weight excluding hydrogens is 228 g/mol. The summed E-state index contributed by atoms with van der Waals surface area (Å²) in [5.74, 6) is 6.57. The maximum Gasteiger partial charge on any atom is 0.234 e. The van der Waals surface area contributed by atoms with Gasteiger partial charge in [-0.05, 0) is 37.1 Å². The van der Waals surface area contributed by atoms with E-state index in [9.17, 15) is 4.79 Å². The third kappa shape index (κ3) is 3.79. The Morgan fingerprint density at radius 1 is 1.39 bits per heavy atom. The first-order valence-electron chi connectivity index (χ1n) is 5.69. The fourth-order valence-electron chi connectivity index (χ4n) is 1.50. The van der Waals surface area contributed by atoms with Crippen molar-refractivity contribution in [3.8, 4) is 17.6 Å². The van der Waals surface area contributed by atoms with Crippen molar-refractivity contribution in [3.05, 3.63) is 28.8 Å². The summed E-state index contributed by atoms with van der Waals surface area (Å²) in [7, 11) is 1.65. The number of benzene rings is 1. The van der Waals surface area contributed by atoms with Crippen LogP contribution in [0.3, 0.4) is 0 Å². The van der Waals surface area contributed by atoms with E-state index in [4.69, 9.17) is 10.5 Å². The number of carbonyl (C=O) groups excluding carboxylic acids is 1. The third-order valence-electron chi connectivity index (χ3n) is 2.52. The van der Waals surface area contributed by atoms with Crippen molar-refractivity contribution >= 4 is 5.91 Å². The van der Waals surface area contributed by atoms with Gasteiger partial charge in [-0.1, -0.05) is 11.8 Å². The van der Waals surface area contributed by atoms with E-state index in [1.54, 1.807) is 7.11 Å². The Kier molecular flexibility index (Phi) is 5.22. The minimum absolute atomic E-state index is 0.0116. The standard InChI is InChI=1S/C14H18N2O2/c1-10-8-13(18-3)11(2)7-12(10)5-4-6-16-14(17)9-15/h7-8H,6,9,15H2,1-3H3,(H,16,17). The molecule has 3 N–H and O–H groups in total. The Morgan fingerprint density at radius 2 is 2.11 bits per heavy atom. The highest BCUT2D eigenvalue weighted by molar-refractivity contribution is 5.77. The fourth-order valence-corrected chi connectivity index (χ4v) is 1.50. The van der Waals surface area contributed by atoms with Gasteiger partial charge in [-0.2, -0.15) is 0 Å². The summed E-state index contributed by atoms with van der Waals surface area (Å²) >= 11 is 0. The van der Waals surface area contributed by atoms with E-state index in [0.717, 1.165) is 22.4 Å². The predicted octanol–water partition coefficient (Wildman–Crippen LogP) is 0.738. The van der Waals surface area contributed by atoms with Crippen molar-refractivity contribution in [2.24, 2.45) is 5.73 Å². The molecule has 0 unspecified atom stereocenters. The quantitative estimate of drug-likeness (QED) is 0.773. The number of rotatable bonds is 3. The van der Waals surface area contributed by atoms with Crippen molar-refractivity contribution in [2.75, 3.05) is 20.2 Å². The first kappa shape index (κ1) is 14.1. The molecule has 0 atom stereocenters. The van der Waals surface area contributed by atoms with Crippen LogP contribution in [0.2, 0.25) is 0 Å². The highest BCUT2D eigenvalue weighted by atomic mass is 16.5. The zero-order chi connectivity index (χ0) is 13.5. The lowest BCUT2D eigenvalue weighted by molar-refractivity contribution is -0.119. The second-order valence-corrected chi connectivity index (χ2v) is 3.92. The van der Waals surface area contributed by atoms with Crippen LogP contribution in [0.25, 0.3) is 0 Å². The Bertz CT molecular complexity index is 498. The van der Waals surface area contributed by atoms with Gasteiger partial charge in [-0.3, -0.25) is 4.79 Å². The molecule has 18 heavy (non-hydrogen) atoms. The highest BCUT2D eigenvalue weighted by Gasteiger charge is 2.02. The van der Waals surface area contributed by atoms with Gasteiger partial charge in [0.15, 0.2) is 0 Å². The average molecular weight is 246 g/mol. The number of hydrogen-bond donors (Lipinski definition) is 2. The number of ether oxygens (including phenoxy) is 1. The molecule has 4 heteroatoms. The lowest BCUT2D eigenvalue weighted by Gasteiger charge is -2.07. The molecular formula is C14H18N2O2. The number of nitrogens with two attached hydrogens (primary N) is 1. The smallest absolute Gasteiger partial charge is 0.234 e. The molecule has 0 heterocycles. The van der Waals surface area contributed by atoms with Crippen LogP contribution in [-0.2, 0) is 4.79 Å². The molecule has 0 fully saturated rings. The zero-order valence-corrected chi connectivity index (χ0v) is 11.0. The topological polar surface area (TPSA) is 64.3 Å². The van der Waals surface area contributed by atoms with E-state index < -0.39 is 0 Å². The van der Waals surface area contributed by atoms with Crippen LogP contribution < -0.4 is 15.8 Å². The van der Waals surface area contributed by atoms with Crippen LogP contribution in [0.15, 0.2) is 12.1 Å². The van der Waals surface area contributed by atoms with Crippen LogP contribution in [0, 0.1) is 25.7 Å². The van der Waals surface area contributed by atoms with Crippen molar-refractivity contribution in [3.63, 3.8) is 0 Å². The van der Waals surface area contributed by atoms with E-state index >= 15 is 0 Å². The molecule has 0 bridgehead atoms. The van der Waals surface area contributed by atoms with E-state index in [1.807, 2.05) is 26.0 Å². The summed E-state index contributed by atoms with van der Waals surface area (Å²) in [6.07, 6.45) is 0. The number of hydrogen-bond acceptors (Lipinski definition) is 3. The molecule has 0 aliphatic heterocycles. The minimum atomic E-state index is -0.202. The fraction of sp³-hybridized carbons (Fsp3) is 0.357. The SMILES string of the molecule is COc1cc(C)c(C#CCNC(=O)CN)cc1C. The van der Waals surface area contributed by atoms with Crippen LogP contribution in [0.1, 0.15) is 16.7 Å². The van der Waals surface area contributed by atoms with E-state index in [-0.39, 0.29) is 12.5 Å². The largest absolute Gasteiger partial charge is 0.496 e. The third-order valence-corrected chi connectivity index (χ3v) is 2.52. The number of amides is 1. The average Bonchev–Trinajstić information content (AvgIpc) is 2.37. The molecule has 0 aromatic heterocycles. The summed E-state index contributed by atoms with van der Waals surface area (Å²) in [6.45, 7) is 4.24. The zero-order valence-electron chi connectivity index (χ0n) is 11.0. The Labute approximate surface area is 108 Å². The van der Waals surface area contributed by atoms with Crippen LogP contribution in [0.5, 0.6) is 5.75 Å². The molecule has 1 amide bonds. The maximum absolute atomic E-state index is 10.9. The van der Waals surface area contributed by atoms with Gasteiger partial charge < -0.3 is 15.8 Å². The molecule has 1 aromatic carbocycles. The normalized spacial score (nSPS) is 9.33. The van der Waals surface area contributed by atoms with Gasteiger partial charge in [0.05, 0.1) is 20.2 Å². The minimum Gasteiger partial charge on any atom is -0.496 e. The second kappa shape index (κ2) is 6.67. The molecule has 0 spiro atoms. The summed E-state index contributed by atoms with van der Waals surface area (Å²) in [4.78, 5) is 10.9. The number of nitrogens with one attached hydrogen (secondary N) is 1. The van der Waals surface area contributed by atoms with Gasteiger partial charge in [0.1, 0.15) is 5.75 Å². The molecule has 4 nitrogen and oxygen atoms in total. The van der Waals surface area contributed by atoms with Crippen molar-refractivity contribution in [2.45, 2.75) is 13.8 Å². The van der Waals surface area contributed by atoms with Gasteiger partial charge in [0.25, 0.3) is 0 Å². The van der Waals surface area contributed by atoms with Gasteiger partial charge in [-0.15, -0.1) is 0 Å². The summed E-state index contributed by atoms with van der Waals surface area (Å²) in [5, 5.41) is 2.60. The molecule has 1 rings (SSSR count). The van der Waals surface area contributed by atoms with Crippen LogP contribution in [-0.4, -0.2) is 26.1 Å². The molecule has 0 aliphatic carbocycles. The Hall–Kier alpha value is -1.99. The first-order chi connectivity index (χ1) is 8.58. The van der Waals surface area contributed by atoms with E-state index in [1.165, 1.54) is 0 Å². The van der Waals surface area contributed by atoms with Crippen LogP contribution in [0.4, 0.5) is 0 Å². The van der Waals surface area contributed by atoms with Gasteiger partial charge in [-0.25, -0.2) is 0 Å². The number of aryl methyl sites for hydroxylation is 2. The Morgan fingerprint density at radius 3 is 2.72 bits per heavy atom. The van der Waals surface area contributed by atoms with E-state index in [2.05, 4.69) is 17.2 Å². The number of methoxy groups -OCH3 is 1. The lowest BCUT2D eigenvalue weighted by Crippen LogP contribution is -2.30. The van der Waals surface area contributed by atoms with Gasteiger partial charge in [0, 0.05) is 5.56 Å². The van der Waals surface area contributed by atoms with E-state index in [0.29, 0.717) is 6.54 Å². The second-order valence-electron chi connectivity index (χ2n) is 3.92. The summed E-state index contributed by atoms with van der Waals surface area (Å²) in [6, 6.07) is 3.93. The highest BCUT2D eigenvalue weighted by Crippen LogP contribution is 2.21. The monoisotopic (exact) mass is 246 g/mol. The Balaban J connectivity index is 2.76. The van der Waals surface area contributed by atoms with Gasteiger partial charge in [0.2, 0.25) is 5.91 Å². The number of carbonyl (C=O) groups is 1.